The molecule has 3 rings (SSSR count). The normalized spacial score (nSPS) is 12.2. The Hall–Kier alpha value is -3.01. The maximum absolute atomic E-state index is 13.2. The van der Waals surface area contributed by atoms with Crippen LogP contribution in [0.3, 0.4) is 0 Å². The maximum Gasteiger partial charge on any atom is 0.389 e. The third-order valence-electron chi connectivity index (χ3n) is 4.59. The van der Waals surface area contributed by atoms with Crippen molar-refractivity contribution in [3.8, 4) is 22.3 Å². The van der Waals surface area contributed by atoms with E-state index in [0.29, 0.717) is 11.1 Å². The summed E-state index contributed by atoms with van der Waals surface area (Å²) in [6.45, 7) is -0.223. The van der Waals surface area contributed by atoms with Gasteiger partial charge in [-0.2, -0.15) is 18.3 Å². The van der Waals surface area contributed by atoms with Gasteiger partial charge in [-0.15, -0.1) is 0 Å². The van der Waals surface area contributed by atoms with Gasteiger partial charge in [0.15, 0.2) is 9.84 Å². The molecule has 0 saturated heterocycles. The lowest BCUT2D eigenvalue weighted by Gasteiger charge is -2.12. The topological polar surface area (TPSA) is 69.0 Å². The van der Waals surface area contributed by atoms with Gasteiger partial charge < -0.3 is 0 Å². The summed E-state index contributed by atoms with van der Waals surface area (Å²) < 4.78 is 76.1. The fourth-order valence-corrected chi connectivity index (χ4v) is 4.05. The third kappa shape index (κ3) is 5.57. The summed E-state index contributed by atoms with van der Waals surface area (Å²) in [7, 11) is -3.72. The maximum atomic E-state index is 13.2. The molecule has 1 heterocycles. The van der Waals surface area contributed by atoms with Gasteiger partial charge >= 0.3 is 6.18 Å². The lowest BCUT2D eigenvalue weighted by atomic mass is 10.0. The fraction of sp³-hybridized carbons (Fsp3) is 0.238. The van der Waals surface area contributed by atoms with Gasteiger partial charge in [-0.25, -0.2) is 17.5 Å². The third-order valence-corrected chi connectivity index (χ3v) is 5.73. The van der Waals surface area contributed by atoms with Crippen molar-refractivity contribution in [3.63, 3.8) is 0 Å². The van der Waals surface area contributed by atoms with Crippen LogP contribution in [0.25, 0.3) is 22.3 Å². The monoisotopic (exact) mass is 454 g/mol. The molecule has 0 aliphatic carbocycles. The second-order valence-corrected chi connectivity index (χ2v) is 8.97. The molecule has 0 spiro atoms. The molecule has 0 saturated carbocycles. The van der Waals surface area contributed by atoms with Crippen LogP contribution in [-0.4, -0.2) is 30.6 Å². The summed E-state index contributed by atoms with van der Waals surface area (Å²) in [6, 6.07) is 11.0. The molecule has 3 aromatic rings. The van der Waals surface area contributed by atoms with E-state index in [1.54, 1.807) is 0 Å². The summed E-state index contributed by atoms with van der Waals surface area (Å²) in [5, 5.41) is 3.81. The zero-order valence-corrected chi connectivity index (χ0v) is 17.2. The first kappa shape index (κ1) is 22.7. The highest BCUT2D eigenvalue weighted by atomic mass is 32.2. The molecule has 31 heavy (non-hydrogen) atoms. The summed E-state index contributed by atoms with van der Waals surface area (Å²) in [5.74, 6) is -0.468. The Morgan fingerprint density at radius 1 is 0.968 bits per heavy atom. The quantitative estimate of drug-likeness (QED) is 0.516. The van der Waals surface area contributed by atoms with E-state index < -0.39 is 33.8 Å². The molecule has 1 aromatic heterocycles. The van der Waals surface area contributed by atoms with Crippen molar-refractivity contribution < 1.29 is 26.0 Å². The molecule has 0 aliphatic heterocycles. The number of hydrogen-bond donors (Lipinski definition) is 0. The number of hydrogen-bond acceptors (Lipinski definition) is 4. The minimum atomic E-state index is -4.33. The molecule has 0 N–H and O–H groups in total. The molecule has 0 bridgehead atoms. The van der Waals surface area contributed by atoms with Crippen molar-refractivity contribution in [1.29, 1.82) is 0 Å². The van der Waals surface area contributed by atoms with Crippen molar-refractivity contribution >= 4 is 9.84 Å². The standard InChI is InChI=1S/C21H18F4N2O3S/c1-31(29,30)19-13-15(5-8-17(19)14-3-6-16(22)7-4-14)18-9-11-26-27(20(18)28)12-2-10-21(23,24)25/h3-9,11,13H,2,10,12H2,1H3. The highest BCUT2D eigenvalue weighted by Crippen LogP contribution is 2.31. The van der Waals surface area contributed by atoms with Crippen LogP contribution in [-0.2, 0) is 16.4 Å². The number of rotatable bonds is 6. The van der Waals surface area contributed by atoms with Crippen molar-refractivity contribution in [2.45, 2.75) is 30.5 Å². The summed E-state index contributed by atoms with van der Waals surface area (Å²) >= 11 is 0. The van der Waals surface area contributed by atoms with E-state index in [1.807, 2.05) is 0 Å². The number of alkyl halides is 3. The Morgan fingerprint density at radius 3 is 2.23 bits per heavy atom. The molecule has 5 nitrogen and oxygen atoms in total. The SMILES string of the molecule is CS(=O)(=O)c1cc(-c2ccnn(CCCC(F)(F)F)c2=O)ccc1-c1ccc(F)cc1. The van der Waals surface area contributed by atoms with Gasteiger partial charge in [0.05, 0.1) is 10.5 Å². The van der Waals surface area contributed by atoms with Crippen molar-refractivity contribution in [3.05, 3.63) is 70.9 Å². The molecular formula is C21H18F4N2O3S. The molecule has 0 radical (unpaired) electrons. The predicted molar refractivity (Wildman–Crippen MR) is 108 cm³/mol. The lowest BCUT2D eigenvalue weighted by molar-refractivity contribution is -0.136. The number of halogens is 4. The largest absolute Gasteiger partial charge is 0.389 e. The van der Waals surface area contributed by atoms with E-state index in [-0.39, 0.29) is 29.0 Å². The Labute approximate surface area is 175 Å². The van der Waals surface area contributed by atoms with E-state index in [9.17, 15) is 30.8 Å². The predicted octanol–water partition coefficient (Wildman–Crippen LogP) is 4.46. The van der Waals surface area contributed by atoms with Gasteiger partial charge in [0, 0.05) is 31.0 Å². The highest BCUT2D eigenvalue weighted by molar-refractivity contribution is 7.90. The second-order valence-electron chi connectivity index (χ2n) is 6.98. The highest BCUT2D eigenvalue weighted by Gasteiger charge is 2.26. The van der Waals surface area contributed by atoms with Gasteiger partial charge in [0.2, 0.25) is 0 Å². The molecule has 0 unspecified atom stereocenters. The Bertz CT molecular complexity index is 1250. The minimum Gasteiger partial charge on any atom is -0.267 e. The van der Waals surface area contributed by atoms with Crippen LogP contribution < -0.4 is 5.56 Å². The van der Waals surface area contributed by atoms with E-state index in [4.69, 9.17) is 0 Å². The Kier molecular flexibility index (Phi) is 6.30. The van der Waals surface area contributed by atoms with Crippen LogP contribution >= 0.6 is 0 Å². The lowest BCUT2D eigenvalue weighted by Crippen LogP contribution is -2.24. The minimum absolute atomic E-state index is 0.0589. The number of benzene rings is 2. The first-order chi connectivity index (χ1) is 14.5. The van der Waals surface area contributed by atoms with Gasteiger partial charge in [0.25, 0.3) is 5.56 Å². The van der Waals surface area contributed by atoms with E-state index >= 15 is 0 Å². The number of sulfone groups is 1. The number of aromatic nitrogens is 2. The zero-order chi connectivity index (χ0) is 22.8. The van der Waals surface area contributed by atoms with Gasteiger partial charge in [-0.1, -0.05) is 24.3 Å². The molecule has 0 aliphatic rings. The van der Waals surface area contributed by atoms with Crippen LogP contribution in [0, 0.1) is 5.82 Å². The fourth-order valence-electron chi connectivity index (χ4n) is 3.12. The molecule has 0 fully saturated rings. The van der Waals surface area contributed by atoms with Crippen LogP contribution in [0.15, 0.2) is 64.4 Å². The molecule has 10 heteroatoms. The van der Waals surface area contributed by atoms with Crippen LogP contribution in [0.1, 0.15) is 12.8 Å². The number of aryl methyl sites for hydroxylation is 1. The van der Waals surface area contributed by atoms with Crippen molar-refractivity contribution in [2.24, 2.45) is 0 Å². The van der Waals surface area contributed by atoms with E-state index in [1.165, 1.54) is 54.7 Å². The molecule has 0 amide bonds. The van der Waals surface area contributed by atoms with Gasteiger partial charge in [-0.3, -0.25) is 4.79 Å². The number of nitrogens with zero attached hydrogens (tertiary/aromatic N) is 2. The van der Waals surface area contributed by atoms with Crippen molar-refractivity contribution in [1.82, 2.24) is 9.78 Å². The molecule has 164 valence electrons. The van der Waals surface area contributed by atoms with E-state index in [2.05, 4.69) is 5.10 Å². The Balaban J connectivity index is 2.03. The van der Waals surface area contributed by atoms with Crippen LogP contribution in [0.5, 0.6) is 0 Å². The zero-order valence-electron chi connectivity index (χ0n) is 16.4. The van der Waals surface area contributed by atoms with Crippen LogP contribution in [0.4, 0.5) is 17.6 Å². The van der Waals surface area contributed by atoms with E-state index in [0.717, 1.165) is 10.9 Å². The van der Waals surface area contributed by atoms with Gasteiger partial charge in [-0.05, 0) is 41.8 Å². The average Bonchev–Trinajstić information content (AvgIpc) is 2.68. The van der Waals surface area contributed by atoms with Gasteiger partial charge in [0.1, 0.15) is 5.82 Å². The summed E-state index contributed by atoms with van der Waals surface area (Å²) in [4.78, 5) is 12.6. The van der Waals surface area contributed by atoms with Crippen molar-refractivity contribution in [2.75, 3.05) is 6.26 Å². The first-order valence-electron chi connectivity index (χ1n) is 9.19. The summed E-state index contributed by atoms with van der Waals surface area (Å²) in [6.07, 6.45) is -3.39. The summed E-state index contributed by atoms with van der Waals surface area (Å²) in [5.41, 5.74) is 0.581. The molecule has 0 atom stereocenters. The molecular weight excluding hydrogens is 436 g/mol. The Morgan fingerprint density at radius 2 is 1.61 bits per heavy atom. The second kappa shape index (κ2) is 8.62. The average molecular weight is 454 g/mol. The van der Waals surface area contributed by atoms with Crippen LogP contribution in [0.2, 0.25) is 0 Å². The first-order valence-corrected chi connectivity index (χ1v) is 11.1. The molecule has 2 aromatic carbocycles. The smallest absolute Gasteiger partial charge is 0.267 e.